The minimum Gasteiger partial charge on any atom is -0.454 e. The second-order valence-electron chi connectivity index (χ2n) is 5.80. The van der Waals surface area contributed by atoms with Crippen LogP contribution in [0.2, 0.25) is 0 Å². The van der Waals surface area contributed by atoms with Crippen LogP contribution in [-0.2, 0) is 11.2 Å². The monoisotopic (exact) mass is 290 g/mol. The van der Waals surface area contributed by atoms with Crippen molar-refractivity contribution in [1.29, 1.82) is 0 Å². The highest BCUT2D eigenvalue weighted by Crippen LogP contribution is 2.32. The maximum atomic E-state index is 12.2. The van der Waals surface area contributed by atoms with Gasteiger partial charge in [-0.1, -0.05) is 12.5 Å². The Morgan fingerprint density at radius 1 is 1.38 bits per heavy atom. The second-order valence-corrected chi connectivity index (χ2v) is 5.80. The SMILES string of the molecule is CC(Cc1ccc2c(c1)OCO2)NC(=O)C1CCCCN1. The number of amides is 1. The van der Waals surface area contributed by atoms with Gasteiger partial charge in [-0.15, -0.1) is 0 Å². The first-order valence-corrected chi connectivity index (χ1v) is 7.64. The van der Waals surface area contributed by atoms with Gasteiger partial charge in [-0.3, -0.25) is 4.79 Å². The molecule has 1 fully saturated rings. The van der Waals surface area contributed by atoms with Crippen LogP contribution < -0.4 is 20.1 Å². The second kappa shape index (κ2) is 6.35. The molecule has 0 radical (unpaired) electrons. The van der Waals surface area contributed by atoms with E-state index in [1.54, 1.807) is 0 Å². The summed E-state index contributed by atoms with van der Waals surface area (Å²) in [7, 11) is 0. The number of hydrogen-bond acceptors (Lipinski definition) is 4. The first kappa shape index (κ1) is 14.2. The largest absolute Gasteiger partial charge is 0.454 e. The quantitative estimate of drug-likeness (QED) is 0.884. The molecule has 0 aromatic heterocycles. The van der Waals surface area contributed by atoms with E-state index in [-0.39, 0.29) is 18.0 Å². The Bertz CT molecular complexity index is 512. The zero-order valence-corrected chi connectivity index (χ0v) is 12.4. The van der Waals surface area contributed by atoms with Crippen LogP contribution in [0, 0.1) is 0 Å². The number of carbonyl (C=O) groups excluding carboxylic acids is 1. The van der Waals surface area contributed by atoms with E-state index in [2.05, 4.69) is 10.6 Å². The molecular weight excluding hydrogens is 268 g/mol. The number of benzene rings is 1. The van der Waals surface area contributed by atoms with E-state index in [4.69, 9.17) is 9.47 Å². The number of hydrogen-bond donors (Lipinski definition) is 2. The molecule has 1 saturated heterocycles. The first-order chi connectivity index (χ1) is 10.2. The minimum atomic E-state index is -0.0297. The summed E-state index contributed by atoms with van der Waals surface area (Å²) in [4.78, 5) is 12.2. The zero-order chi connectivity index (χ0) is 14.7. The lowest BCUT2D eigenvalue weighted by atomic mass is 10.0. The van der Waals surface area contributed by atoms with Crippen molar-refractivity contribution in [2.24, 2.45) is 0 Å². The smallest absolute Gasteiger partial charge is 0.237 e. The van der Waals surface area contributed by atoms with Crippen LogP contribution in [0.5, 0.6) is 11.5 Å². The molecule has 1 amide bonds. The van der Waals surface area contributed by atoms with Gasteiger partial charge in [0.1, 0.15) is 0 Å². The van der Waals surface area contributed by atoms with Crippen molar-refractivity contribution in [2.45, 2.75) is 44.7 Å². The van der Waals surface area contributed by atoms with Gasteiger partial charge < -0.3 is 20.1 Å². The molecule has 0 spiro atoms. The fraction of sp³-hybridized carbons (Fsp3) is 0.562. The van der Waals surface area contributed by atoms with Crippen molar-refractivity contribution in [3.63, 3.8) is 0 Å². The number of rotatable bonds is 4. The molecule has 2 aliphatic rings. The number of ether oxygens (including phenoxy) is 2. The molecule has 5 heteroatoms. The van der Waals surface area contributed by atoms with Gasteiger partial charge in [0, 0.05) is 6.04 Å². The average molecular weight is 290 g/mol. The van der Waals surface area contributed by atoms with E-state index < -0.39 is 0 Å². The Hall–Kier alpha value is -1.75. The van der Waals surface area contributed by atoms with Gasteiger partial charge >= 0.3 is 0 Å². The molecule has 1 aromatic rings. The van der Waals surface area contributed by atoms with Crippen LogP contribution in [-0.4, -0.2) is 31.3 Å². The molecule has 3 rings (SSSR count). The molecule has 2 atom stereocenters. The molecule has 0 aliphatic carbocycles. The Morgan fingerprint density at radius 2 is 2.24 bits per heavy atom. The van der Waals surface area contributed by atoms with Crippen molar-refractivity contribution in [3.8, 4) is 11.5 Å². The van der Waals surface area contributed by atoms with Gasteiger partial charge in [-0.2, -0.15) is 0 Å². The van der Waals surface area contributed by atoms with E-state index >= 15 is 0 Å². The number of fused-ring (bicyclic) bond motifs is 1. The lowest BCUT2D eigenvalue weighted by molar-refractivity contribution is -0.124. The van der Waals surface area contributed by atoms with E-state index in [1.807, 2.05) is 25.1 Å². The normalized spacial score (nSPS) is 21.9. The Kier molecular flexibility index (Phi) is 4.29. The summed E-state index contributed by atoms with van der Waals surface area (Å²) in [6, 6.07) is 6.01. The highest BCUT2D eigenvalue weighted by molar-refractivity contribution is 5.82. The molecule has 2 N–H and O–H groups in total. The highest BCUT2D eigenvalue weighted by atomic mass is 16.7. The van der Waals surface area contributed by atoms with Gasteiger partial charge in [0.25, 0.3) is 0 Å². The van der Waals surface area contributed by atoms with Crippen molar-refractivity contribution in [1.82, 2.24) is 10.6 Å². The van der Waals surface area contributed by atoms with Gasteiger partial charge in [0.05, 0.1) is 6.04 Å². The summed E-state index contributed by atoms with van der Waals surface area (Å²) in [5, 5.41) is 6.37. The lowest BCUT2D eigenvalue weighted by Crippen LogP contribution is -2.49. The highest BCUT2D eigenvalue weighted by Gasteiger charge is 2.22. The van der Waals surface area contributed by atoms with Crippen LogP contribution in [0.25, 0.3) is 0 Å². The summed E-state index contributed by atoms with van der Waals surface area (Å²) in [6.07, 6.45) is 4.01. The summed E-state index contributed by atoms with van der Waals surface area (Å²) < 4.78 is 10.7. The summed E-state index contributed by atoms with van der Waals surface area (Å²) in [5.74, 6) is 1.70. The van der Waals surface area contributed by atoms with Gasteiger partial charge in [-0.25, -0.2) is 0 Å². The van der Waals surface area contributed by atoms with Gasteiger partial charge in [0.2, 0.25) is 12.7 Å². The minimum absolute atomic E-state index is 0.0297. The van der Waals surface area contributed by atoms with Crippen LogP contribution >= 0.6 is 0 Å². The maximum Gasteiger partial charge on any atom is 0.237 e. The summed E-state index contributed by atoms with van der Waals surface area (Å²) >= 11 is 0. The lowest BCUT2D eigenvalue weighted by Gasteiger charge is -2.24. The summed E-state index contributed by atoms with van der Waals surface area (Å²) in [5.41, 5.74) is 1.14. The standard InChI is InChI=1S/C16H22N2O3/c1-11(18-16(19)13-4-2-3-7-17-13)8-12-5-6-14-15(9-12)21-10-20-14/h5-6,9,11,13,17H,2-4,7-8,10H2,1H3,(H,18,19). The van der Waals surface area contributed by atoms with Crippen LogP contribution in [0.15, 0.2) is 18.2 Å². The summed E-state index contributed by atoms with van der Waals surface area (Å²) in [6.45, 7) is 3.26. The van der Waals surface area contributed by atoms with Gasteiger partial charge in [-0.05, 0) is 50.4 Å². The van der Waals surface area contributed by atoms with Crippen LogP contribution in [0.4, 0.5) is 0 Å². The Balaban J connectivity index is 1.53. The van der Waals surface area contributed by atoms with E-state index in [0.29, 0.717) is 6.79 Å². The predicted octanol–water partition coefficient (Wildman–Crippen LogP) is 1.60. The predicted molar refractivity (Wildman–Crippen MR) is 79.5 cm³/mol. The average Bonchev–Trinajstić information content (AvgIpc) is 2.95. The van der Waals surface area contributed by atoms with E-state index in [0.717, 1.165) is 49.3 Å². The zero-order valence-electron chi connectivity index (χ0n) is 12.4. The van der Waals surface area contributed by atoms with Crippen LogP contribution in [0.1, 0.15) is 31.7 Å². The Labute approximate surface area is 125 Å². The molecule has 2 unspecified atom stereocenters. The maximum absolute atomic E-state index is 12.2. The molecule has 2 aliphatic heterocycles. The van der Waals surface area contributed by atoms with Gasteiger partial charge in [0.15, 0.2) is 11.5 Å². The Morgan fingerprint density at radius 3 is 3.05 bits per heavy atom. The first-order valence-electron chi connectivity index (χ1n) is 7.64. The van der Waals surface area contributed by atoms with Crippen molar-refractivity contribution in [3.05, 3.63) is 23.8 Å². The number of nitrogens with one attached hydrogen (secondary N) is 2. The molecule has 0 bridgehead atoms. The number of piperidine rings is 1. The molecule has 114 valence electrons. The third-order valence-electron chi connectivity index (χ3n) is 3.99. The third-order valence-corrected chi connectivity index (χ3v) is 3.99. The number of carbonyl (C=O) groups is 1. The molecule has 0 saturated carbocycles. The van der Waals surface area contributed by atoms with Crippen molar-refractivity contribution < 1.29 is 14.3 Å². The molecule has 1 aromatic carbocycles. The van der Waals surface area contributed by atoms with E-state index in [9.17, 15) is 4.79 Å². The third kappa shape index (κ3) is 3.47. The van der Waals surface area contributed by atoms with Crippen molar-refractivity contribution in [2.75, 3.05) is 13.3 Å². The topological polar surface area (TPSA) is 59.6 Å². The molecule has 21 heavy (non-hydrogen) atoms. The molecular formula is C16H22N2O3. The fourth-order valence-corrected chi connectivity index (χ4v) is 2.89. The molecule has 5 nitrogen and oxygen atoms in total. The fourth-order valence-electron chi connectivity index (χ4n) is 2.89. The van der Waals surface area contributed by atoms with E-state index in [1.165, 1.54) is 0 Å². The van der Waals surface area contributed by atoms with Crippen molar-refractivity contribution >= 4 is 5.91 Å². The van der Waals surface area contributed by atoms with Crippen LogP contribution in [0.3, 0.4) is 0 Å². The molecule has 2 heterocycles.